The van der Waals surface area contributed by atoms with Crippen LogP contribution in [0.15, 0.2) is 34.3 Å². The molecule has 1 aliphatic rings. The summed E-state index contributed by atoms with van der Waals surface area (Å²) in [5, 5.41) is 36.8. The van der Waals surface area contributed by atoms with E-state index in [0.29, 0.717) is 17.4 Å². The number of carboxylic acid groups (broad SMARTS) is 2. The normalized spacial score (nSPS) is 15.8. The maximum Gasteiger partial charge on any atom is 0.414 e. The first kappa shape index (κ1) is 44.8. The molecule has 0 bridgehead atoms. The van der Waals surface area contributed by atoms with Crippen LogP contribution in [0.2, 0.25) is 0 Å². The zero-order valence-corrected chi connectivity index (χ0v) is 30.7. The predicted octanol–water partition coefficient (Wildman–Crippen LogP) is 9.57. The van der Waals surface area contributed by atoms with Gasteiger partial charge in [-0.05, 0) is 76.8 Å². The van der Waals surface area contributed by atoms with Crippen LogP contribution in [-0.2, 0) is 31.8 Å². The first-order chi connectivity index (χ1) is 21.6. The summed E-state index contributed by atoms with van der Waals surface area (Å²) in [7, 11) is 0. The zero-order valence-electron chi connectivity index (χ0n) is 29.6. The molecule has 1 aliphatic carbocycles. The molecule has 1 radical (unpaired) electrons. The van der Waals surface area contributed by atoms with E-state index in [4.69, 9.17) is 29.8 Å². The summed E-state index contributed by atoms with van der Waals surface area (Å²) in [6, 6.07) is 8.81. The fraction of sp³-hybridized carbons (Fsp3) is 0.590. The minimum atomic E-state index is -1.82. The minimum Gasteiger partial charge on any atom is -0.507 e. The van der Waals surface area contributed by atoms with Crippen molar-refractivity contribution in [1.82, 2.24) is 0 Å². The molecule has 3 rings (SSSR count). The fourth-order valence-electron chi connectivity index (χ4n) is 5.53. The number of hydrogen-bond donors (Lipinski definition) is 4. The quantitative estimate of drug-likeness (QED) is 0.114. The van der Waals surface area contributed by atoms with E-state index in [0.717, 1.165) is 41.5 Å². The molecule has 0 spiro atoms. The molecule has 2 aromatic carbocycles. The Balaban J connectivity index is 0.00000252. The smallest absolute Gasteiger partial charge is 0.414 e. The number of phenols is 2. The summed E-state index contributed by atoms with van der Waals surface area (Å²) >= 11 is 0. The molecular formula is C39H60CoN2O6. The Labute approximate surface area is 299 Å². The third kappa shape index (κ3) is 12.7. The van der Waals surface area contributed by atoms with Gasteiger partial charge < -0.3 is 20.4 Å². The number of carbonyl (C=O) groups is 2. The molecule has 271 valence electrons. The van der Waals surface area contributed by atoms with Crippen molar-refractivity contribution in [2.45, 2.75) is 150 Å². The summed E-state index contributed by atoms with van der Waals surface area (Å²) < 4.78 is 0. The van der Waals surface area contributed by atoms with E-state index in [-0.39, 0.29) is 53.5 Å². The van der Waals surface area contributed by atoms with Crippen molar-refractivity contribution in [2.75, 3.05) is 0 Å². The van der Waals surface area contributed by atoms with Gasteiger partial charge >= 0.3 is 11.9 Å². The zero-order chi connectivity index (χ0) is 34.8. The number of phenolic OH excluding ortho intramolecular Hbond substituents is 2. The van der Waals surface area contributed by atoms with Gasteiger partial charge in [-0.25, -0.2) is 9.59 Å². The van der Waals surface area contributed by atoms with Gasteiger partial charge in [-0.1, -0.05) is 108 Å². The molecule has 48 heavy (non-hydrogen) atoms. The number of carboxylic acids is 2. The van der Waals surface area contributed by atoms with Crippen molar-refractivity contribution in [1.29, 1.82) is 0 Å². The topological polar surface area (TPSA) is 140 Å². The largest absolute Gasteiger partial charge is 0.507 e. The molecule has 0 saturated heterocycles. The minimum absolute atomic E-state index is 0. The number of aliphatic carboxylic acids is 2. The van der Waals surface area contributed by atoms with E-state index < -0.39 is 11.9 Å². The number of benzene rings is 2. The summed E-state index contributed by atoms with van der Waals surface area (Å²) in [5.41, 5.74) is 6.22. The molecule has 8 nitrogen and oxygen atoms in total. The summed E-state index contributed by atoms with van der Waals surface area (Å²) in [6.07, 6.45) is 11.7. The first-order valence-electron chi connectivity index (χ1n) is 16.8. The number of unbranched alkanes of at least 4 members (excludes halogenated alkanes) is 2. The molecule has 0 aromatic heterocycles. The number of aromatic hydroxyl groups is 2. The fourth-order valence-corrected chi connectivity index (χ4v) is 5.53. The molecule has 2 atom stereocenters. The maximum atomic E-state index is 11.2. The van der Waals surface area contributed by atoms with Crippen molar-refractivity contribution in [3.8, 4) is 11.5 Å². The second-order valence-corrected chi connectivity index (χ2v) is 13.8. The van der Waals surface area contributed by atoms with Crippen molar-refractivity contribution >= 4 is 24.4 Å². The number of nitrogens with zero attached hydrogens (tertiary/aromatic N) is 2. The first-order valence-corrected chi connectivity index (χ1v) is 16.8. The SMILES string of the molecule is C.CCCCC(C)(CCCC)c1cc(C=NC2CC2N=Cc2cc(C(C)C)cc(C(C)C)c2O)c(O)c(C(C)C)c1.O=C(O)C(=O)O.[Co]. The molecule has 4 N–H and O–H groups in total. The molecule has 0 amide bonds. The van der Waals surface area contributed by atoms with Gasteiger partial charge in [0.2, 0.25) is 0 Å². The average Bonchev–Trinajstić information content (AvgIpc) is 3.75. The van der Waals surface area contributed by atoms with E-state index in [9.17, 15) is 10.2 Å². The third-order valence-corrected chi connectivity index (χ3v) is 8.85. The van der Waals surface area contributed by atoms with Crippen LogP contribution < -0.4 is 0 Å². The van der Waals surface area contributed by atoms with Crippen molar-refractivity contribution in [3.05, 3.63) is 57.6 Å². The van der Waals surface area contributed by atoms with E-state index in [1.54, 1.807) is 0 Å². The van der Waals surface area contributed by atoms with E-state index in [1.807, 2.05) is 12.4 Å². The van der Waals surface area contributed by atoms with Crippen LogP contribution in [0.1, 0.15) is 166 Å². The van der Waals surface area contributed by atoms with Crippen molar-refractivity contribution < 1.29 is 46.8 Å². The van der Waals surface area contributed by atoms with Gasteiger partial charge in [0.25, 0.3) is 0 Å². The average molecular weight is 712 g/mol. The molecule has 1 fully saturated rings. The van der Waals surface area contributed by atoms with Gasteiger partial charge in [-0.2, -0.15) is 0 Å². The molecule has 0 heterocycles. The van der Waals surface area contributed by atoms with Crippen molar-refractivity contribution in [2.24, 2.45) is 9.98 Å². The Bertz CT molecular complexity index is 1380. The van der Waals surface area contributed by atoms with Crippen LogP contribution in [-0.4, -0.2) is 56.9 Å². The Kier molecular flexibility index (Phi) is 19.0. The molecular weight excluding hydrogens is 651 g/mol. The predicted molar refractivity (Wildman–Crippen MR) is 194 cm³/mol. The van der Waals surface area contributed by atoms with Gasteiger partial charge in [0.1, 0.15) is 11.5 Å². The van der Waals surface area contributed by atoms with Gasteiger partial charge in [0, 0.05) is 40.3 Å². The molecule has 9 heteroatoms. The number of aliphatic imine (C=N–C) groups is 2. The monoisotopic (exact) mass is 711 g/mol. The number of hydrogen-bond acceptors (Lipinski definition) is 6. The molecule has 1 saturated carbocycles. The second-order valence-electron chi connectivity index (χ2n) is 13.8. The summed E-state index contributed by atoms with van der Waals surface area (Å²) in [5.74, 6) is -2.10. The van der Waals surface area contributed by atoms with Crippen LogP contribution in [0.5, 0.6) is 11.5 Å². The van der Waals surface area contributed by atoms with Crippen molar-refractivity contribution in [3.63, 3.8) is 0 Å². The van der Waals surface area contributed by atoms with Gasteiger partial charge in [0.05, 0.1) is 12.1 Å². The molecule has 2 aromatic rings. The van der Waals surface area contributed by atoms with Crippen LogP contribution in [0.3, 0.4) is 0 Å². The maximum absolute atomic E-state index is 11.2. The number of rotatable bonds is 14. The summed E-state index contributed by atoms with van der Waals surface area (Å²) in [6.45, 7) is 19.8. The van der Waals surface area contributed by atoms with Gasteiger partial charge in [-0.15, -0.1) is 0 Å². The van der Waals surface area contributed by atoms with E-state index in [1.165, 1.54) is 36.8 Å². The van der Waals surface area contributed by atoms with Gasteiger partial charge in [0.15, 0.2) is 0 Å². The Morgan fingerprint density at radius 1 is 0.771 bits per heavy atom. The molecule has 2 unspecified atom stereocenters. The summed E-state index contributed by atoms with van der Waals surface area (Å²) in [4.78, 5) is 27.9. The second kappa shape index (κ2) is 20.4. The van der Waals surface area contributed by atoms with E-state index in [2.05, 4.69) is 86.6 Å². The van der Waals surface area contributed by atoms with Crippen LogP contribution in [0, 0.1) is 0 Å². The third-order valence-electron chi connectivity index (χ3n) is 8.85. The standard InChI is InChI=1S/C36H54N2O2.C2H2O4.CH4.Co/c1-10-12-14-36(9,15-13-11-2)29-17-28(35(40)31(19-29)25(7)8)22-38-33-20-32(33)37-21-27-16-26(23(3)4)18-30(24(5)6)34(27)39;3-1(4)2(5)6;;/h16-19,21-25,32-33,39-40H,10-15,20H2,1-9H3;(H,3,4)(H,5,6);1H4;. The van der Waals surface area contributed by atoms with Crippen LogP contribution in [0.25, 0.3) is 0 Å². The Morgan fingerprint density at radius 3 is 1.56 bits per heavy atom. The van der Waals surface area contributed by atoms with E-state index >= 15 is 0 Å². The molecule has 0 aliphatic heterocycles. The van der Waals surface area contributed by atoms with Crippen LogP contribution in [0.4, 0.5) is 0 Å². The van der Waals surface area contributed by atoms with Crippen LogP contribution >= 0.6 is 0 Å². The Hall–Kier alpha value is -3.17. The Morgan fingerprint density at radius 2 is 1.19 bits per heavy atom. The van der Waals surface area contributed by atoms with Gasteiger partial charge in [-0.3, -0.25) is 9.98 Å².